The second kappa shape index (κ2) is 3.59. The number of rotatable bonds is 2. The highest BCUT2D eigenvalue weighted by Gasteiger charge is 2.60. The summed E-state index contributed by atoms with van der Waals surface area (Å²) in [6.07, 6.45) is 3.21. The average molecular weight is 226 g/mol. The monoisotopic (exact) mass is 226 g/mol. The predicted octanol–water partition coefficient (Wildman–Crippen LogP) is 0.292. The highest BCUT2D eigenvalue weighted by molar-refractivity contribution is 5.85. The lowest BCUT2D eigenvalue weighted by molar-refractivity contribution is -0.157. The third-order valence-electron chi connectivity index (χ3n) is 3.27. The van der Waals surface area contributed by atoms with E-state index in [0.29, 0.717) is 0 Å². The van der Waals surface area contributed by atoms with Crippen molar-refractivity contribution in [3.05, 3.63) is 12.2 Å². The van der Waals surface area contributed by atoms with Gasteiger partial charge in [0.05, 0.1) is 25.9 Å². The van der Waals surface area contributed by atoms with Crippen LogP contribution in [0.15, 0.2) is 12.2 Å². The molecular weight excluding hydrogens is 212 g/mol. The van der Waals surface area contributed by atoms with E-state index < -0.39 is 29.4 Å². The summed E-state index contributed by atoms with van der Waals surface area (Å²) in [7, 11) is 2.60. The van der Waals surface area contributed by atoms with Crippen LogP contribution in [0.25, 0.3) is 0 Å². The Hall–Kier alpha value is -1.36. The van der Waals surface area contributed by atoms with E-state index in [-0.39, 0.29) is 6.10 Å². The van der Waals surface area contributed by atoms with Crippen LogP contribution in [0.3, 0.4) is 0 Å². The molecule has 0 aliphatic carbocycles. The van der Waals surface area contributed by atoms with Gasteiger partial charge >= 0.3 is 11.9 Å². The molecule has 0 aromatic rings. The molecule has 88 valence electrons. The highest BCUT2D eigenvalue weighted by atomic mass is 16.6. The maximum absolute atomic E-state index is 11.7. The average Bonchev–Trinajstić information content (AvgIpc) is 2.79. The molecule has 16 heavy (non-hydrogen) atoms. The van der Waals surface area contributed by atoms with Crippen molar-refractivity contribution in [1.29, 1.82) is 0 Å². The lowest BCUT2D eigenvalue weighted by Gasteiger charge is -2.26. The van der Waals surface area contributed by atoms with Crippen molar-refractivity contribution >= 4 is 11.9 Å². The zero-order chi connectivity index (χ0) is 11.9. The molecule has 5 heteroatoms. The largest absolute Gasteiger partial charge is 0.469 e. The first-order chi connectivity index (χ1) is 7.53. The molecule has 0 saturated carbocycles. The fraction of sp³-hybridized carbons (Fsp3) is 0.636. The summed E-state index contributed by atoms with van der Waals surface area (Å²) in [5, 5.41) is 0. The Kier molecular flexibility index (Phi) is 2.50. The molecule has 0 spiro atoms. The van der Waals surface area contributed by atoms with E-state index in [4.69, 9.17) is 14.2 Å². The van der Waals surface area contributed by atoms with E-state index in [9.17, 15) is 9.59 Å². The summed E-state index contributed by atoms with van der Waals surface area (Å²) in [4.78, 5) is 23.3. The SMILES string of the molecule is COC(=O)[C@H]1[C@H]2C=C[C@](C)(O2)[C@H]1C(=O)OC. The van der Waals surface area contributed by atoms with Crippen LogP contribution < -0.4 is 0 Å². The number of carbonyl (C=O) groups excluding carboxylic acids is 2. The summed E-state index contributed by atoms with van der Waals surface area (Å²) in [5.74, 6) is -2.11. The Morgan fingerprint density at radius 2 is 1.88 bits per heavy atom. The van der Waals surface area contributed by atoms with Gasteiger partial charge in [-0.2, -0.15) is 0 Å². The smallest absolute Gasteiger partial charge is 0.312 e. The van der Waals surface area contributed by atoms with Crippen LogP contribution >= 0.6 is 0 Å². The van der Waals surface area contributed by atoms with E-state index >= 15 is 0 Å². The van der Waals surface area contributed by atoms with Gasteiger partial charge in [0.1, 0.15) is 11.8 Å². The van der Waals surface area contributed by atoms with E-state index in [1.54, 1.807) is 19.1 Å². The molecule has 2 aliphatic rings. The summed E-state index contributed by atoms with van der Waals surface area (Å²) >= 11 is 0. The number of ether oxygens (including phenoxy) is 3. The highest BCUT2D eigenvalue weighted by Crippen LogP contribution is 2.47. The number of fused-ring (bicyclic) bond motifs is 2. The number of esters is 2. The zero-order valence-electron chi connectivity index (χ0n) is 9.43. The molecule has 0 aromatic carbocycles. The molecule has 0 unspecified atom stereocenters. The minimum atomic E-state index is -0.753. The van der Waals surface area contributed by atoms with Crippen LogP contribution in [-0.4, -0.2) is 37.9 Å². The van der Waals surface area contributed by atoms with Gasteiger partial charge in [0.15, 0.2) is 0 Å². The molecule has 1 saturated heterocycles. The predicted molar refractivity (Wildman–Crippen MR) is 53.4 cm³/mol. The molecule has 2 rings (SSSR count). The summed E-state index contributed by atoms with van der Waals surface area (Å²) in [6.45, 7) is 1.77. The van der Waals surface area contributed by atoms with Gasteiger partial charge in [-0.1, -0.05) is 12.2 Å². The van der Waals surface area contributed by atoms with Gasteiger partial charge in [-0.3, -0.25) is 9.59 Å². The summed E-state index contributed by atoms with van der Waals surface area (Å²) < 4.78 is 15.0. The number of hydrogen-bond donors (Lipinski definition) is 0. The van der Waals surface area contributed by atoms with Crippen LogP contribution in [0.2, 0.25) is 0 Å². The minimum Gasteiger partial charge on any atom is -0.469 e. The van der Waals surface area contributed by atoms with Crippen molar-refractivity contribution in [2.45, 2.75) is 18.6 Å². The molecule has 0 N–H and O–H groups in total. The third kappa shape index (κ3) is 1.35. The van der Waals surface area contributed by atoms with E-state index in [2.05, 4.69) is 0 Å². The van der Waals surface area contributed by atoms with Gasteiger partial charge < -0.3 is 14.2 Å². The molecule has 2 aliphatic heterocycles. The number of methoxy groups -OCH3 is 2. The third-order valence-corrected chi connectivity index (χ3v) is 3.27. The van der Waals surface area contributed by atoms with Crippen molar-refractivity contribution < 1.29 is 23.8 Å². The first-order valence-corrected chi connectivity index (χ1v) is 5.06. The second-order valence-corrected chi connectivity index (χ2v) is 4.18. The topological polar surface area (TPSA) is 61.8 Å². The normalized spacial score (nSPS) is 39.8. The van der Waals surface area contributed by atoms with Crippen LogP contribution in [0.1, 0.15) is 6.92 Å². The van der Waals surface area contributed by atoms with Gasteiger partial charge in [0.2, 0.25) is 0 Å². The Bertz CT molecular complexity index is 361. The maximum Gasteiger partial charge on any atom is 0.312 e. The van der Waals surface area contributed by atoms with Gasteiger partial charge in [0, 0.05) is 0 Å². The van der Waals surface area contributed by atoms with Gasteiger partial charge in [-0.25, -0.2) is 0 Å². The quantitative estimate of drug-likeness (QED) is 0.500. The molecular formula is C11H14O5. The maximum atomic E-state index is 11.7. The van der Waals surface area contributed by atoms with E-state index in [1.165, 1.54) is 14.2 Å². The van der Waals surface area contributed by atoms with Gasteiger partial charge in [-0.15, -0.1) is 0 Å². The Labute approximate surface area is 93.4 Å². The van der Waals surface area contributed by atoms with Crippen LogP contribution in [0, 0.1) is 11.8 Å². The van der Waals surface area contributed by atoms with Crippen LogP contribution in [-0.2, 0) is 23.8 Å². The van der Waals surface area contributed by atoms with Gasteiger partial charge in [0.25, 0.3) is 0 Å². The molecule has 5 nitrogen and oxygen atoms in total. The molecule has 0 aromatic heterocycles. The second-order valence-electron chi connectivity index (χ2n) is 4.18. The molecule has 4 atom stereocenters. The van der Waals surface area contributed by atoms with Crippen LogP contribution in [0.4, 0.5) is 0 Å². The molecule has 1 fully saturated rings. The first kappa shape index (κ1) is 11.1. The van der Waals surface area contributed by atoms with E-state index in [0.717, 1.165) is 0 Å². The standard InChI is InChI=1S/C11H14O5/c1-11-5-4-6(16-11)7(9(12)14-2)8(11)10(13)15-3/h4-8H,1-3H3/t6-,7+,8-,11+/m1/s1. The zero-order valence-corrected chi connectivity index (χ0v) is 9.43. The van der Waals surface area contributed by atoms with Gasteiger partial charge in [-0.05, 0) is 6.92 Å². The van der Waals surface area contributed by atoms with Crippen molar-refractivity contribution in [2.75, 3.05) is 14.2 Å². The Morgan fingerprint density at radius 1 is 1.25 bits per heavy atom. The van der Waals surface area contributed by atoms with Crippen molar-refractivity contribution in [3.8, 4) is 0 Å². The summed E-state index contributed by atoms with van der Waals surface area (Å²) in [5.41, 5.74) is -0.753. The molecule has 2 heterocycles. The molecule has 0 radical (unpaired) electrons. The Balaban J connectivity index is 2.34. The van der Waals surface area contributed by atoms with Crippen molar-refractivity contribution in [1.82, 2.24) is 0 Å². The molecule has 0 amide bonds. The van der Waals surface area contributed by atoms with Crippen LogP contribution in [0.5, 0.6) is 0 Å². The minimum absolute atomic E-state index is 0.387. The first-order valence-electron chi connectivity index (χ1n) is 5.06. The van der Waals surface area contributed by atoms with Crippen molar-refractivity contribution in [3.63, 3.8) is 0 Å². The lowest BCUT2D eigenvalue weighted by atomic mass is 9.76. The van der Waals surface area contributed by atoms with E-state index in [1.807, 2.05) is 0 Å². The number of hydrogen-bond acceptors (Lipinski definition) is 5. The fourth-order valence-electron chi connectivity index (χ4n) is 2.49. The van der Waals surface area contributed by atoms with Crippen molar-refractivity contribution in [2.24, 2.45) is 11.8 Å². The fourth-order valence-corrected chi connectivity index (χ4v) is 2.49. The molecule has 2 bridgehead atoms. The Morgan fingerprint density at radius 3 is 2.44 bits per heavy atom. The lowest BCUT2D eigenvalue weighted by Crippen LogP contribution is -2.42. The summed E-state index contributed by atoms with van der Waals surface area (Å²) in [6, 6.07) is 0. The number of carbonyl (C=O) groups is 2.